The van der Waals surface area contributed by atoms with Gasteiger partial charge in [-0.25, -0.2) is 0 Å². The third-order valence-corrected chi connectivity index (χ3v) is 4.67. The lowest BCUT2D eigenvalue weighted by Crippen LogP contribution is -2.44. The van der Waals surface area contributed by atoms with E-state index in [0.29, 0.717) is 18.8 Å². The highest BCUT2D eigenvalue weighted by Gasteiger charge is 2.33. The quantitative estimate of drug-likeness (QED) is 0.916. The fourth-order valence-electron chi connectivity index (χ4n) is 3.50. The van der Waals surface area contributed by atoms with E-state index in [2.05, 4.69) is 29.2 Å². The lowest BCUT2D eigenvalue weighted by atomic mass is 9.91. The highest BCUT2D eigenvalue weighted by molar-refractivity contribution is 5.13. The van der Waals surface area contributed by atoms with E-state index >= 15 is 0 Å². The van der Waals surface area contributed by atoms with Crippen LogP contribution >= 0.6 is 0 Å². The minimum absolute atomic E-state index is 0.128. The molecule has 1 aromatic rings. The van der Waals surface area contributed by atoms with Gasteiger partial charge in [-0.3, -0.25) is 4.90 Å². The van der Waals surface area contributed by atoms with Crippen molar-refractivity contribution in [3.63, 3.8) is 0 Å². The summed E-state index contributed by atoms with van der Waals surface area (Å²) in [5.74, 6) is 0. The van der Waals surface area contributed by atoms with Gasteiger partial charge in [-0.2, -0.15) is 0 Å². The fraction of sp³-hybridized carbons (Fsp3) is 0.647. The molecule has 0 amide bonds. The van der Waals surface area contributed by atoms with Crippen LogP contribution in [0.5, 0.6) is 0 Å². The molecule has 2 aliphatic rings. The number of likely N-dealkylation sites (tertiary alicyclic amines) is 1. The van der Waals surface area contributed by atoms with Crippen molar-refractivity contribution in [3.05, 3.63) is 35.9 Å². The maximum Gasteiger partial charge on any atom is 0.0721 e. The van der Waals surface area contributed by atoms with Gasteiger partial charge in [-0.1, -0.05) is 43.2 Å². The number of hydrogen-bond donors (Lipinski definition) is 1. The molecule has 0 bridgehead atoms. The van der Waals surface area contributed by atoms with E-state index in [1.165, 1.54) is 18.4 Å². The van der Waals surface area contributed by atoms with Crippen LogP contribution in [0.1, 0.15) is 37.7 Å². The second-order valence-corrected chi connectivity index (χ2v) is 6.12. The van der Waals surface area contributed by atoms with Gasteiger partial charge >= 0.3 is 0 Å². The Balaban J connectivity index is 1.47. The van der Waals surface area contributed by atoms with E-state index in [9.17, 15) is 5.11 Å². The zero-order valence-electron chi connectivity index (χ0n) is 12.1. The molecule has 1 saturated heterocycles. The maximum absolute atomic E-state index is 10.1. The molecule has 20 heavy (non-hydrogen) atoms. The van der Waals surface area contributed by atoms with Gasteiger partial charge in [0, 0.05) is 19.1 Å². The van der Waals surface area contributed by atoms with Gasteiger partial charge < -0.3 is 9.84 Å². The Morgan fingerprint density at radius 3 is 2.70 bits per heavy atom. The standard InChI is InChI=1S/C17H25NO2/c19-17-9-5-4-8-16(17)18-11-10-15(12-18)20-13-14-6-2-1-3-7-14/h1-3,6-7,15-17,19H,4-5,8-13H2/t15-,16-,17-/m0/s1. The second kappa shape index (κ2) is 6.70. The van der Waals surface area contributed by atoms with E-state index in [-0.39, 0.29) is 6.10 Å². The highest BCUT2D eigenvalue weighted by atomic mass is 16.5. The Morgan fingerprint density at radius 1 is 1.10 bits per heavy atom. The van der Waals surface area contributed by atoms with Crippen molar-refractivity contribution in [2.75, 3.05) is 13.1 Å². The summed E-state index contributed by atoms with van der Waals surface area (Å²) in [5, 5.41) is 10.1. The Labute approximate surface area is 121 Å². The Morgan fingerprint density at radius 2 is 1.90 bits per heavy atom. The highest BCUT2D eigenvalue weighted by Crippen LogP contribution is 2.27. The number of aliphatic hydroxyl groups excluding tert-OH is 1. The summed E-state index contributed by atoms with van der Waals surface area (Å²) >= 11 is 0. The molecule has 0 spiro atoms. The number of ether oxygens (including phenoxy) is 1. The number of hydrogen-bond acceptors (Lipinski definition) is 3. The lowest BCUT2D eigenvalue weighted by Gasteiger charge is -2.35. The van der Waals surface area contributed by atoms with E-state index in [4.69, 9.17) is 4.74 Å². The minimum Gasteiger partial charge on any atom is -0.391 e. The van der Waals surface area contributed by atoms with Crippen molar-refractivity contribution in [1.82, 2.24) is 4.90 Å². The summed E-state index contributed by atoms with van der Waals surface area (Å²) in [6.45, 7) is 2.75. The van der Waals surface area contributed by atoms with E-state index in [1.807, 2.05) is 6.07 Å². The number of aliphatic hydroxyl groups is 1. The van der Waals surface area contributed by atoms with Gasteiger partial charge in [-0.15, -0.1) is 0 Å². The SMILES string of the molecule is O[C@H]1CCCC[C@@H]1N1CC[C@H](OCc2ccccc2)C1. The molecule has 3 rings (SSSR count). The van der Waals surface area contributed by atoms with Crippen LogP contribution in [0.4, 0.5) is 0 Å². The average molecular weight is 275 g/mol. The molecule has 110 valence electrons. The first-order valence-corrected chi connectivity index (χ1v) is 7.90. The van der Waals surface area contributed by atoms with Crippen LogP contribution in [0.15, 0.2) is 30.3 Å². The number of benzene rings is 1. The topological polar surface area (TPSA) is 32.7 Å². The van der Waals surface area contributed by atoms with E-state index in [1.54, 1.807) is 0 Å². The van der Waals surface area contributed by atoms with E-state index in [0.717, 1.165) is 32.4 Å². The summed E-state index contributed by atoms with van der Waals surface area (Å²) < 4.78 is 6.02. The molecule has 3 atom stereocenters. The van der Waals surface area contributed by atoms with Crippen LogP contribution in [0, 0.1) is 0 Å². The Hall–Kier alpha value is -0.900. The van der Waals surface area contributed by atoms with Crippen molar-refractivity contribution in [1.29, 1.82) is 0 Å². The van der Waals surface area contributed by atoms with Crippen molar-refractivity contribution >= 4 is 0 Å². The van der Waals surface area contributed by atoms with Gasteiger partial charge in [0.2, 0.25) is 0 Å². The minimum atomic E-state index is -0.128. The molecule has 1 aliphatic carbocycles. The molecule has 0 radical (unpaired) electrons. The van der Waals surface area contributed by atoms with Crippen LogP contribution in [0.3, 0.4) is 0 Å². The first kappa shape index (κ1) is 14.1. The van der Waals surface area contributed by atoms with Crippen molar-refractivity contribution in [3.8, 4) is 0 Å². The van der Waals surface area contributed by atoms with Crippen LogP contribution in [-0.2, 0) is 11.3 Å². The normalized spacial score (nSPS) is 31.6. The molecular formula is C17H25NO2. The molecular weight excluding hydrogens is 250 g/mol. The fourth-order valence-corrected chi connectivity index (χ4v) is 3.50. The van der Waals surface area contributed by atoms with Crippen LogP contribution in [-0.4, -0.2) is 41.3 Å². The van der Waals surface area contributed by atoms with Crippen LogP contribution in [0.2, 0.25) is 0 Å². The smallest absolute Gasteiger partial charge is 0.0721 e. The van der Waals surface area contributed by atoms with Gasteiger partial charge in [0.15, 0.2) is 0 Å². The summed E-state index contributed by atoms with van der Waals surface area (Å²) in [5.41, 5.74) is 1.24. The van der Waals surface area contributed by atoms with Gasteiger partial charge in [-0.05, 0) is 24.8 Å². The molecule has 0 unspecified atom stereocenters. The zero-order chi connectivity index (χ0) is 13.8. The molecule has 1 aliphatic heterocycles. The maximum atomic E-state index is 10.1. The molecule has 0 aromatic heterocycles. The number of nitrogens with zero attached hydrogens (tertiary/aromatic N) is 1. The van der Waals surface area contributed by atoms with Crippen molar-refractivity contribution in [2.45, 2.75) is 57.0 Å². The predicted molar refractivity (Wildman–Crippen MR) is 79.5 cm³/mol. The van der Waals surface area contributed by atoms with Crippen LogP contribution < -0.4 is 0 Å². The second-order valence-electron chi connectivity index (χ2n) is 6.12. The molecule has 3 heteroatoms. The van der Waals surface area contributed by atoms with Gasteiger partial charge in [0.1, 0.15) is 0 Å². The predicted octanol–water partition coefficient (Wildman–Crippen LogP) is 2.58. The summed E-state index contributed by atoms with van der Waals surface area (Å²) in [6, 6.07) is 10.7. The van der Waals surface area contributed by atoms with E-state index < -0.39 is 0 Å². The Bertz CT molecular complexity index is 409. The molecule has 1 aromatic carbocycles. The summed E-state index contributed by atoms with van der Waals surface area (Å²) in [4.78, 5) is 2.44. The van der Waals surface area contributed by atoms with Gasteiger partial charge in [0.05, 0.1) is 18.8 Å². The third kappa shape index (κ3) is 3.40. The average Bonchev–Trinajstić information content (AvgIpc) is 2.95. The largest absolute Gasteiger partial charge is 0.391 e. The monoisotopic (exact) mass is 275 g/mol. The van der Waals surface area contributed by atoms with Crippen molar-refractivity contribution in [2.24, 2.45) is 0 Å². The zero-order valence-corrected chi connectivity index (χ0v) is 12.1. The molecule has 1 heterocycles. The van der Waals surface area contributed by atoms with Crippen LogP contribution in [0.25, 0.3) is 0 Å². The van der Waals surface area contributed by atoms with Gasteiger partial charge in [0.25, 0.3) is 0 Å². The first-order valence-electron chi connectivity index (χ1n) is 7.90. The molecule has 2 fully saturated rings. The number of rotatable bonds is 4. The lowest BCUT2D eigenvalue weighted by molar-refractivity contribution is 0.00967. The third-order valence-electron chi connectivity index (χ3n) is 4.67. The van der Waals surface area contributed by atoms with Crippen molar-refractivity contribution < 1.29 is 9.84 Å². The molecule has 1 saturated carbocycles. The molecule has 1 N–H and O–H groups in total. The first-order chi connectivity index (χ1) is 9.83. The summed E-state index contributed by atoms with van der Waals surface area (Å²) in [7, 11) is 0. The Kier molecular flexibility index (Phi) is 4.71. The summed E-state index contributed by atoms with van der Waals surface area (Å²) in [6.07, 6.45) is 5.84. The molecule has 3 nitrogen and oxygen atoms in total.